The summed E-state index contributed by atoms with van der Waals surface area (Å²) in [6.07, 6.45) is 0.163. The number of carbonyl (C=O) groups is 1. The van der Waals surface area contributed by atoms with E-state index < -0.39 is 5.91 Å². The van der Waals surface area contributed by atoms with Crippen molar-refractivity contribution in [2.45, 2.75) is 29.2 Å². The molecule has 12 heteroatoms. The molecule has 0 fully saturated rings. The van der Waals surface area contributed by atoms with Gasteiger partial charge in [0.15, 0.2) is 11.9 Å². The van der Waals surface area contributed by atoms with Gasteiger partial charge in [0.1, 0.15) is 18.2 Å². The van der Waals surface area contributed by atoms with Crippen LogP contribution in [0.1, 0.15) is 29.5 Å². The van der Waals surface area contributed by atoms with Gasteiger partial charge in [-0.1, -0.05) is 64.8 Å². The molecule has 0 bridgehead atoms. The quantitative estimate of drug-likeness (QED) is 0.225. The second kappa shape index (κ2) is 12.1. The van der Waals surface area contributed by atoms with Crippen LogP contribution in [0.2, 0.25) is 10.0 Å². The minimum atomic E-state index is -0.396. The van der Waals surface area contributed by atoms with Gasteiger partial charge in [-0.25, -0.2) is 4.68 Å². The van der Waals surface area contributed by atoms with Gasteiger partial charge in [-0.05, 0) is 48.2 Å². The lowest BCUT2D eigenvalue weighted by atomic mass is 9.99. The maximum Gasteiger partial charge on any atom is 0.253 e. The van der Waals surface area contributed by atoms with E-state index in [0.29, 0.717) is 38.9 Å². The molecule has 0 saturated heterocycles. The number of benzene rings is 3. The van der Waals surface area contributed by atoms with Gasteiger partial charge in [-0.2, -0.15) is 0 Å². The summed E-state index contributed by atoms with van der Waals surface area (Å²) >= 11 is 19.5. The van der Waals surface area contributed by atoms with Gasteiger partial charge in [0.05, 0.1) is 5.71 Å². The number of rotatable bonds is 9. The number of carbonyl (C=O) groups excluding carboxylic acids is 1. The number of halogens is 3. The highest BCUT2D eigenvalue weighted by atomic mass is 35.5. The average molecular weight is 589 g/mol. The van der Waals surface area contributed by atoms with Crippen molar-refractivity contribution >= 4 is 58.2 Å². The third kappa shape index (κ3) is 6.07. The molecule has 0 saturated carbocycles. The lowest BCUT2D eigenvalue weighted by molar-refractivity contribution is -0.114. The van der Waals surface area contributed by atoms with Gasteiger partial charge in [0, 0.05) is 32.5 Å². The molecule has 38 heavy (non-hydrogen) atoms. The van der Waals surface area contributed by atoms with E-state index in [0.717, 1.165) is 16.0 Å². The first-order valence-corrected chi connectivity index (χ1v) is 13.6. The molecule has 1 aromatic heterocycles. The van der Waals surface area contributed by atoms with Gasteiger partial charge in [-0.15, -0.1) is 21.8 Å². The number of amides is 1. The third-order valence-corrected chi connectivity index (χ3v) is 7.30. The SMILES string of the molecule is O=C(CCl)Nn1c(COc2ccccc2C2=NOC(c3ccc(Cl)cc3Cl)C2)nnc1Sc1ccccc1. The number of oxime groups is 1. The summed E-state index contributed by atoms with van der Waals surface area (Å²) in [5, 5.41) is 14.3. The van der Waals surface area contributed by atoms with Crippen LogP contribution in [-0.2, 0) is 16.2 Å². The lowest BCUT2D eigenvalue weighted by Gasteiger charge is -2.13. The zero-order valence-corrected chi connectivity index (χ0v) is 22.8. The Balaban J connectivity index is 1.33. The summed E-state index contributed by atoms with van der Waals surface area (Å²) in [5.41, 5.74) is 5.02. The standard InChI is InChI=1S/C26H20Cl3N5O3S/c27-14-25(35)32-34-24(30-31-26(34)38-17-6-2-1-3-7-17)15-36-22-9-5-4-8-19(22)21-13-23(37-33-21)18-11-10-16(28)12-20(18)29/h1-12,23H,13-15H2,(H,32,35). The summed E-state index contributed by atoms with van der Waals surface area (Å²) in [6.45, 7) is 0.0303. The summed E-state index contributed by atoms with van der Waals surface area (Å²) < 4.78 is 7.62. The maximum atomic E-state index is 12.1. The van der Waals surface area contributed by atoms with Crippen molar-refractivity contribution in [2.75, 3.05) is 11.3 Å². The predicted molar refractivity (Wildman–Crippen MR) is 148 cm³/mol. The molecule has 1 unspecified atom stereocenters. The average Bonchev–Trinajstić information content (AvgIpc) is 3.56. The van der Waals surface area contributed by atoms with E-state index in [1.54, 1.807) is 12.1 Å². The van der Waals surface area contributed by atoms with Crippen LogP contribution < -0.4 is 10.2 Å². The number of hydrogen-bond donors (Lipinski definition) is 1. The molecule has 0 radical (unpaired) electrons. The zero-order valence-electron chi connectivity index (χ0n) is 19.7. The first-order valence-electron chi connectivity index (χ1n) is 11.4. The number of alkyl halides is 1. The largest absolute Gasteiger partial charge is 0.485 e. The van der Waals surface area contributed by atoms with E-state index in [-0.39, 0.29) is 18.6 Å². The Labute approximate surface area is 237 Å². The van der Waals surface area contributed by atoms with E-state index >= 15 is 0 Å². The Morgan fingerprint density at radius 2 is 1.87 bits per heavy atom. The van der Waals surface area contributed by atoms with Crippen molar-refractivity contribution in [1.29, 1.82) is 0 Å². The molecular formula is C26H20Cl3N5O3S. The van der Waals surface area contributed by atoms with Gasteiger partial charge in [-0.3, -0.25) is 10.2 Å². The lowest BCUT2D eigenvalue weighted by Crippen LogP contribution is -2.27. The van der Waals surface area contributed by atoms with Gasteiger partial charge >= 0.3 is 0 Å². The first-order chi connectivity index (χ1) is 18.5. The van der Waals surface area contributed by atoms with Crippen LogP contribution in [0.3, 0.4) is 0 Å². The predicted octanol–water partition coefficient (Wildman–Crippen LogP) is 6.49. The van der Waals surface area contributed by atoms with Crippen molar-refractivity contribution in [1.82, 2.24) is 14.9 Å². The Bertz CT molecular complexity index is 1480. The number of ether oxygens (including phenoxy) is 1. The molecule has 2 heterocycles. The number of nitrogens with zero attached hydrogens (tertiary/aromatic N) is 4. The summed E-state index contributed by atoms with van der Waals surface area (Å²) in [4.78, 5) is 18.7. The molecule has 194 valence electrons. The Morgan fingerprint density at radius 3 is 2.66 bits per heavy atom. The molecule has 1 aliphatic heterocycles. The number of hydrogen-bond acceptors (Lipinski definition) is 7. The third-order valence-electron chi connectivity index (χ3n) is 5.54. The summed E-state index contributed by atoms with van der Waals surface area (Å²) in [7, 11) is 0. The van der Waals surface area contributed by atoms with Gasteiger partial charge in [0.25, 0.3) is 5.91 Å². The van der Waals surface area contributed by atoms with E-state index in [1.807, 2.05) is 60.7 Å². The van der Waals surface area contributed by atoms with Crippen LogP contribution in [0.5, 0.6) is 5.75 Å². The Hall–Kier alpha value is -3.24. The smallest absolute Gasteiger partial charge is 0.253 e. The number of nitrogens with one attached hydrogen (secondary N) is 1. The molecule has 8 nitrogen and oxygen atoms in total. The van der Waals surface area contributed by atoms with Gasteiger partial charge in [0.2, 0.25) is 5.16 Å². The fraction of sp³-hybridized carbons (Fsp3) is 0.154. The topological polar surface area (TPSA) is 90.6 Å². The van der Waals surface area contributed by atoms with Crippen LogP contribution in [0.15, 0.2) is 88.0 Å². The second-order valence-electron chi connectivity index (χ2n) is 8.10. The molecule has 1 atom stereocenters. The molecular weight excluding hydrogens is 569 g/mol. The number of aromatic nitrogens is 3. The Kier molecular flexibility index (Phi) is 8.38. The molecule has 1 N–H and O–H groups in total. The van der Waals surface area contributed by atoms with E-state index in [2.05, 4.69) is 20.8 Å². The van der Waals surface area contributed by atoms with Crippen molar-refractivity contribution in [2.24, 2.45) is 5.16 Å². The molecule has 0 spiro atoms. The van der Waals surface area contributed by atoms with Crippen molar-refractivity contribution in [3.05, 3.63) is 99.8 Å². The van der Waals surface area contributed by atoms with Gasteiger partial charge < -0.3 is 9.57 Å². The van der Waals surface area contributed by atoms with E-state index in [9.17, 15) is 4.79 Å². The second-order valence-corrected chi connectivity index (χ2v) is 10.3. The zero-order chi connectivity index (χ0) is 26.5. The molecule has 5 rings (SSSR count). The first kappa shape index (κ1) is 26.4. The fourth-order valence-corrected chi connectivity index (χ4v) is 5.18. The monoisotopic (exact) mass is 587 g/mol. The van der Waals surface area contributed by atoms with Crippen LogP contribution in [-0.4, -0.2) is 32.4 Å². The van der Waals surface area contributed by atoms with Crippen LogP contribution in [0, 0.1) is 0 Å². The fourth-order valence-electron chi connectivity index (χ4n) is 3.76. The normalized spacial score (nSPS) is 14.6. The highest BCUT2D eigenvalue weighted by Crippen LogP contribution is 2.36. The minimum Gasteiger partial charge on any atom is -0.485 e. The highest BCUT2D eigenvalue weighted by molar-refractivity contribution is 7.99. The van der Waals surface area contributed by atoms with Crippen molar-refractivity contribution < 1.29 is 14.4 Å². The minimum absolute atomic E-state index is 0.0303. The number of para-hydroxylation sites is 1. The summed E-state index contributed by atoms with van der Waals surface area (Å²) in [5.74, 6) is 0.364. The van der Waals surface area contributed by atoms with Crippen LogP contribution in [0.4, 0.5) is 0 Å². The van der Waals surface area contributed by atoms with E-state index in [4.69, 9.17) is 44.4 Å². The summed E-state index contributed by atoms with van der Waals surface area (Å²) in [6, 6.07) is 22.4. The van der Waals surface area contributed by atoms with Crippen LogP contribution >= 0.6 is 46.6 Å². The maximum absolute atomic E-state index is 12.1. The molecule has 1 amide bonds. The van der Waals surface area contributed by atoms with Crippen molar-refractivity contribution in [3.63, 3.8) is 0 Å². The van der Waals surface area contributed by atoms with Crippen LogP contribution in [0.25, 0.3) is 0 Å². The highest BCUT2D eigenvalue weighted by Gasteiger charge is 2.27. The Morgan fingerprint density at radius 1 is 1.08 bits per heavy atom. The molecule has 0 aliphatic carbocycles. The molecule has 3 aromatic carbocycles. The van der Waals surface area contributed by atoms with E-state index in [1.165, 1.54) is 16.4 Å². The van der Waals surface area contributed by atoms with Crippen molar-refractivity contribution in [3.8, 4) is 5.75 Å². The molecule has 1 aliphatic rings. The molecule has 4 aromatic rings.